The molecule has 0 bridgehead atoms. The molecule has 2 aromatic carbocycles. The van der Waals surface area contributed by atoms with E-state index in [1.165, 1.54) is 5.56 Å². The van der Waals surface area contributed by atoms with Gasteiger partial charge in [-0.1, -0.05) is 53.5 Å². The van der Waals surface area contributed by atoms with Crippen molar-refractivity contribution < 1.29 is 0 Å². The maximum atomic E-state index is 6.17. The lowest BCUT2D eigenvalue weighted by molar-refractivity contribution is 0.867. The average Bonchev–Trinajstić information content (AvgIpc) is 2.40. The van der Waals surface area contributed by atoms with Crippen LogP contribution in [0.15, 0.2) is 46.9 Å². The molecular weight excluding hydrogens is 322 g/mol. The molecule has 0 aliphatic carbocycles. The summed E-state index contributed by atoms with van der Waals surface area (Å²) in [6.07, 6.45) is 0. The Hall–Kier alpha value is -0.990. The summed E-state index contributed by atoms with van der Waals surface area (Å²) in [5.41, 5.74) is 3.55. The smallest absolute Gasteiger partial charge is 0.0456 e. The van der Waals surface area contributed by atoms with Gasteiger partial charge in [0.25, 0.3) is 0 Å². The molecule has 0 saturated heterocycles. The maximum Gasteiger partial charge on any atom is 0.0456 e. The molecule has 0 fully saturated rings. The van der Waals surface area contributed by atoms with Crippen molar-refractivity contribution in [2.24, 2.45) is 0 Å². The van der Waals surface area contributed by atoms with Gasteiger partial charge in [-0.3, -0.25) is 0 Å². The van der Waals surface area contributed by atoms with E-state index >= 15 is 0 Å². The average molecular weight is 339 g/mol. The van der Waals surface area contributed by atoms with Crippen molar-refractivity contribution >= 4 is 33.2 Å². The predicted molar refractivity (Wildman–Crippen MR) is 87.0 cm³/mol. The summed E-state index contributed by atoms with van der Waals surface area (Å²) in [5.74, 6) is 0.563. The lowest BCUT2D eigenvalue weighted by atomic mass is 10.0. The molecule has 0 unspecified atom stereocenters. The van der Waals surface area contributed by atoms with E-state index in [2.05, 4.69) is 59.4 Å². The molecule has 0 saturated carbocycles. The summed E-state index contributed by atoms with van der Waals surface area (Å²) < 4.78 is 1.05. The Balaban J connectivity index is 2.04. The second kappa shape index (κ2) is 6.44. The van der Waals surface area contributed by atoms with Crippen molar-refractivity contribution in [3.05, 3.63) is 63.1 Å². The van der Waals surface area contributed by atoms with Crippen molar-refractivity contribution in [3.63, 3.8) is 0 Å². The van der Waals surface area contributed by atoms with Crippen LogP contribution >= 0.6 is 27.5 Å². The van der Waals surface area contributed by atoms with E-state index in [-0.39, 0.29) is 0 Å². The van der Waals surface area contributed by atoms with Crippen LogP contribution in [0.4, 0.5) is 5.69 Å². The summed E-state index contributed by atoms with van der Waals surface area (Å²) in [4.78, 5) is 0. The quantitative estimate of drug-likeness (QED) is 0.738. The Kier molecular flexibility index (Phi) is 4.89. The van der Waals surface area contributed by atoms with E-state index in [4.69, 9.17) is 11.6 Å². The molecule has 2 rings (SSSR count). The Labute approximate surface area is 128 Å². The highest BCUT2D eigenvalue weighted by Crippen LogP contribution is 2.23. The molecule has 3 heteroatoms. The highest BCUT2D eigenvalue weighted by Gasteiger charge is 2.02. The van der Waals surface area contributed by atoms with E-state index in [1.807, 2.05) is 18.2 Å². The van der Waals surface area contributed by atoms with Crippen LogP contribution in [0.3, 0.4) is 0 Å². The Morgan fingerprint density at radius 1 is 1.11 bits per heavy atom. The topological polar surface area (TPSA) is 12.0 Å². The van der Waals surface area contributed by atoms with E-state index in [0.29, 0.717) is 5.92 Å². The summed E-state index contributed by atoms with van der Waals surface area (Å²) in [5, 5.41) is 4.18. The first-order chi connectivity index (χ1) is 9.06. The fourth-order valence-electron chi connectivity index (χ4n) is 1.86. The zero-order valence-corrected chi connectivity index (χ0v) is 13.4. The minimum atomic E-state index is 0.563. The van der Waals surface area contributed by atoms with Crippen LogP contribution in [0.1, 0.15) is 30.9 Å². The third kappa shape index (κ3) is 3.99. The lowest BCUT2D eigenvalue weighted by Crippen LogP contribution is -2.00. The van der Waals surface area contributed by atoms with Crippen LogP contribution in [0.2, 0.25) is 5.02 Å². The van der Waals surface area contributed by atoms with E-state index < -0.39 is 0 Å². The maximum absolute atomic E-state index is 6.17. The van der Waals surface area contributed by atoms with Gasteiger partial charge in [0.1, 0.15) is 0 Å². The second-order valence-electron chi connectivity index (χ2n) is 4.87. The van der Waals surface area contributed by atoms with Crippen molar-refractivity contribution in [1.29, 1.82) is 0 Å². The molecule has 2 aromatic rings. The molecule has 1 nitrogen and oxygen atoms in total. The van der Waals surface area contributed by atoms with Crippen LogP contribution in [-0.2, 0) is 6.54 Å². The van der Waals surface area contributed by atoms with Gasteiger partial charge >= 0.3 is 0 Å². The molecule has 100 valence electrons. The lowest BCUT2D eigenvalue weighted by Gasteiger charge is -2.10. The summed E-state index contributed by atoms with van der Waals surface area (Å²) in [7, 11) is 0. The largest absolute Gasteiger partial charge is 0.381 e. The van der Waals surface area contributed by atoms with Crippen LogP contribution in [-0.4, -0.2) is 0 Å². The number of halogens is 2. The molecule has 0 aliphatic rings. The molecule has 0 heterocycles. The molecule has 0 atom stereocenters. The zero-order valence-electron chi connectivity index (χ0n) is 11.1. The SMILES string of the molecule is CC(C)c1ccc(NCc2cc(Br)ccc2Cl)cc1. The van der Waals surface area contributed by atoms with Crippen LogP contribution < -0.4 is 5.32 Å². The van der Waals surface area contributed by atoms with E-state index in [0.717, 1.165) is 27.3 Å². The zero-order chi connectivity index (χ0) is 13.8. The van der Waals surface area contributed by atoms with Gasteiger partial charge in [-0.15, -0.1) is 0 Å². The van der Waals surface area contributed by atoms with E-state index in [1.54, 1.807) is 0 Å². The third-order valence-corrected chi connectivity index (χ3v) is 3.93. The van der Waals surface area contributed by atoms with Crippen molar-refractivity contribution in [2.75, 3.05) is 5.32 Å². The predicted octanol–water partition coefficient (Wildman–Crippen LogP) is 5.84. The molecule has 0 spiro atoms. The molecule has 19 heavy (non-hydrogen) atoms. The number of hydrogen-bond acceptors (Lipinski definition) is 1. The number of anilines is 1. The van der Waals surface area contributed by atoms with Gasteiger partial charge in [-0.2, -0.15) is 0 Å². The minimum absolute atomic E-state index is 0.563. The first kappa shape index (κ1) is 14.4. The highest BCUT2D eigenvalue weighted by molar-refractivity contribution is 9.10. The normalized spacial score (nSPS) is 10.8. The van der Waals surface area contributed by atoms with Crippen molar-refractivity contribution in [2.45, 2.75) is 26.3 Å². The fourth-order valence-corrected chi connectivity index (χ4v) is 2.45. The summed E-state index contributed by atoms with van der Waals surface area (Å²) in [6, 6.07) is 14.4. The van der Waals surface area contributed by atoms with Crippen molar-refractivity contribution in [1.82, 2.24) is 0 Å². The van der Waals surface area contributed by atoms with Gasteiger partial charge in [0.05, 0.1) is 0 Å². The van der Waals surface area contributed by atoms with Gasteiger partial charge < -0.3 is 5.32 Å². The summed E-state index contributed by atoms with van der Waals surface area (Å²) >= 11 is 9.63. The Morgan fingerprint density at radius 3 is 2.42 bits per heavy atom. The standard InChI is InChI=1S/C16H17BrClN/c1-11(2)12-3-6-15(7-4-12)19-10-13-9-14(17)5-8-16(13)18/h3-9,11,19H,10H2,1-2H3. The Bertz CT molecular complexity index is 549. The number of benzene rings is 2. The van der Waals surface area contributed by atoms with Crippen molar-refractivity contribution in [3.8, 4) is 0 Å². The first-order valence-electron chi connectivity index (χ1n) is 6.34. The third-order valence-electron chi connectivity index (χ3n) is 3.07. The number of rotatable bonds is 4. The van der Waals surface area contributed by atoms with Crippen LogP contribution in [0.5, 0.6) is 0 Å². The van der Waals surface area contributed by atoms with Crippen LogP contribution in [0, 0.1) is 0 Å². The summed E-state index contributed by atoms with van der Waals surface area (Å²) in [6.45, 7) is 5.12. The molecule has 0 aromatic heterocycles. The van der Waals surface area contributed by atoms with Gasteiger partial charge in [0, 0.05) is 21.7 Å². The highest BCUT2D eigenvalue weighted by atomic mass is 79.9. The van der Waals surface area contributed by atoms with Gasteiger partial charge in [-0.05, 0) is 47.4 Å². The van der Waals surface area contributed by atoms with Gasteiger partial charge in [0.2, 0.25) is 0 Å². The van der Waals surface area contributed by atoms with E-state index in [9.17, 15) is 0 Å². The number of hydrogen-bond donors (Lipinski definition) is 1. The molecule has 0 aliphatic heterocycles. The monoisotopic (exact) mass is 337 g/mol. The second-order valence-corrected chi connectivity index (χ2v) is 6.19. The van der Waals surface area contributed by atoms with Gasteiger partial charge in [0.15, 0.2) is 0 Å². The minimum Gasteiger partial charge on any atom is -0.381 e. The first-order valence-corrected chi connectivity index (χ1v) is 7.51. The number of nitrogens with one attached hydrogen (secondary N) is 1. The fraction of sp³-hybridized carbons (Fsp3) is 0.250. The van der Waals surface area contributed by atoms with Gasteiger partial charge in [-0.25, -0.2) is 0 Å². The Morgan fingerprint density at radius 2 is 1.79 bits per heavy atom. The molecule has 0 radical (unpaired) electrons. The molecule has 0 amide bonds. The molecular formula is C16H17BrClN. The van der Waals surface area contributed by atoms with Crippen LogP contribution in [0.25, 0.3) is 0 Å². The molecule has 1 N–H and O–H groups in total.